The molecule has 0 spiro atoms. The molecule has 0 aliphatic rings. The van der Waals surface area contributed by atoms with Gasteiger partial charge >= 0.3 is 12.0 Å². The van der Waals surface area contributed by atoms with Crippen LogP contribution in [-0.4, -0.2) is 31.1 Å². The number of hydrogen-bond acceptors (Lipinski definition) is 4. The molecular formula is C21H20N2O4. The van der Waals surface area contributed by atoms with Crippen LogP contribution in [0.25, 0.3) is 12.2 Å². The minimum Gasteiger partial charge on any atom is -0.461 e. The number of esters is 1. The predicted molar refractivity (Wildman–Crippen MR) is 103 cm³/mol. The lowest BCUT2D eigenvalue weighted by molar-refractivity contribution is -0.137. The zero-order valence-electron chi connectivity index (χ0n) is 14.6. The standard InChI is InChI=1S/C21H20N2O4/c24-19(13-11-17-7-3-1-4-8-17)23-21(26)22-15-16-27-20(25)14-12-18-9-5-2-6-10-18/h1-14H,15-16H2,(H2,22,23,24,26). The highest BCUT2D eigenvalue weighted by atomic mass is 16.5. The Balaban J connectivity index is 1.61. The average molecular weight is 364 g/mol. The molecule has 138 valence electrons. The van der Waals surface area contributed by atoms with Crippen molar-refractivity contribution < 1.29 is 19.1 Å². The zero-order valence-corrected chi connectivity index (χ0v) is 14.6. The molecule has 0 atom stereocenters. The summed E-state index contributed by atoms with van der Waals surface area (Å²) in [6.07, 6.45) is 5.82. The summed E-state index contributed by atoms with van der Waals surface area (Å²) in [5, 5.41) is 4.59. The summed E-state index contributed by atoms with van der Waals surface area (Å²) < 4.78 is 4.96. The van der Waals surface area contributed by atoms with E-state index in [4.69, 9.17) is 4.74 Å². The summed E-state index contributed by atoms with van der Waals surface area (Å²) in [4.78, 5) is 34.8. The zero-order chi connectivity index (χ0) is 19.3. The van der Waals surface area contributed by atoms with Gasteiger partial charge < -0.3 is 10.1 Å². The maximum Gasteiger partial charge on any atom is 0.330 e. The third-order valence-corrected chi connectivity index (χ3v) is 3.31. The predicted octanol–water partition coefficient (Wildman–Crippen LogP) is 2.78. The SMILES string of the molecule is O=C(C=Cc1ccccc1)NC(=O)NCCOC(=O)C=Cc1ccccc1. The number of urea groups is 1. The van der Waals surface area contributed by atoms with Gasteiger partial charge in [0.2, 0.25) is 0 Å². The van der Waals surface area contributed by atoms with Crippen molar-refractivity contribution in [2.75, 3.05) is 13.2 Å². The van der Waals surface area contributed by atoms with Crippen molar-refractivity contribution >= 4 is 30.1 Å². The fraction of sp³-hybridized carbons (Fsp3) is 0.0952. The Morgan fingerprint density at radius 2 is 1.37 bits per heavy atom. The highest BCUT2D eigenvalue weighted by Crippen LogP contribution is 2.01. The third kappa shape index (κ3) is 8.31. The first-order valence-corrected chi connectivity index (χ1v) is 8.35. The van der Waals surface area contributed by atoms with Crippen molar-refractivity contribution in [2.24, 2.45) is 0 Å². The van der Waals surface area contributed by atoms with Crippen molar-refractivity contribution in [1.29, 1.82) is 0 Å². The van der Waals surface area contributed by atoms with Gasteiger partial charge in [0.05, 0.1) is 6.54 Å². The lowest BCUT2D eigenvalue weighted by Crippen LogP contribution is -2.40. The van der Waals surface area contributed by atoms with Crippen LogP contribution in [0.2, 0.25) is 0 Å². The summed E-state index contributed by atoms with van der Waals surface area (Å²) in [6.45, 7) is 0.0891. The van der Waals surface area contributed by atoms with Crippen molar-refractivity contribution in [3.05, 3.63) is 83.9 Å². The number of amides is 3. The van der Waals surface area contributed by atoms with Crippen LogP contribution in [0, 0.1) is 0 Å². The lowest BCUT2D eigenvalue weighted by Gasteiger charge is -2.05. The molecule has 0 saturated carbocycles. The summed E-state index contributed by atoms with van der Waals surface area (Å²) in [6, 6.07) is 17.9. The summed E-state index contributed by atoms with van der Waals surface area (Å²) >= 11 is 0. The molecule has 0 aliphatic carbocycles. The van der Waals surface area contributed by atoms with Gasteiger partial charge in [-0.2, -0.15) is 0 Å². The Morgan fingerprint density at radius 1 is 0.815 bits per heavy atom. The molecule has 2 N–H and O–H groups in total. The Labute approximate surface area is 157 Å². The van der Waals surface area contributed by atoms with E-state index in [1.807, 2.05) is 60.7 Å². The van der Waals surface area contributed by atoms with Gasteiger partial charge in [-0.05, 0) is 23.3 Å². The van der Waals surface area contributed by atoms with E-state index in [1.165, 1.54) is 12.2 Å². The molecule has 0 fully saturated rings. The third-order valence-electron chi connectivity index (χ3n) is 3.31. The Morgan fingerprint density at radius 3 is 1.96 bits per heavy atom. The number of benzene rings is 2. The number of hydrogen-bond donors (Lipinski definition) is 2. The second-order valence-corrected chi connectivity index (χ2v) is 5.40. The number of carbonyl (C=O) groups is 3. The van der Waals surface area contributed by atoms with Crippen LogP contribution in [0.4, 0.5) is 4.79 Å². The summed E-state index contributed by atoms with van der Waals surface area (Å²) in [7, 11) is 0. The highest BCUT2D eigenvalue weighted by Gasteiger charge is 2.04. The smallest absolute Gasteiger partial charge is 0.330 e. The van der Waals surface area contributed by atoms with E-state index >= 15 is 0 Å². The van der Waals surface area contributed by atoms with Gasteiger partial charge in [-0.1, -0.05) is 60.7 Å². The molecule has 3 amide bonds. The Bertz CT molecular complexity index is 815. The van der Waals surface area contributed by atoms with Crippen LogP contribution in [0.15, 0.2) is 72.8 Å². The fourth-order valence-corrected chi connectivity index (χ4v) is 2.03. The fourth-order valence-electron chi connectivity index (χ4n) is 2.03. The monoisotopic (exact) mass is 364 g/mol. The molecular weight excluding hydrogens is 344 g/mol. The number of imide groups is 1. The molecule has 0 heterocycles. The first-order chi connectivity index (χ1) is 13.1. The maximum atomic E-state index is 11.6. The molecule has 2 aromatic carbocycles. The van der Waals surface area contributed by atoms with E-state index in [-0.39, 0.29) is 13.2 Å². The van der Waals surface area contributed by atoms with Crippen LogP contribution in [0.3, 0.4) is 0 Å². The van der Waals surface area contributed by atoms with Gasteiger partial charge in [0.1, 0.15) is 6.61 Å². The quantitative estimate of drug-likeness (QED) is 0.449. The largest absolute Gasteiger partial charge is 0.461 e. The molecule has 0 bridgehead atoms. The van der Waals surface area contributed by atoms with E-state index in [2.05, 4.69) is 10.6 Å². The minimum atomic E-state index is -0.659. The first-order valence-electron chi connectivity index (χ1n) is 8.35. The summed E-state index contributed by atoms with van der Waals surface area (Å²) in [5.74, 6) is -1.05. The second-order valence-electron chi connectivity index (χ2n) is 5.40. The van der Waals surface area contributed by atoms with Crippen LogP contribution in [0.1, 0.15) is 11.1 Å². The van der Waals surface area contributed by atoms with E-state index < -0.39 is 17.9 Å². The van der Waals surface area contributed by atoms with Crippen molar-refractivity contribution in [3.63, 3.8) is 0 Å². The molecule has 0 radical (unpaired) electrons. The number of carbonyl (C=O) groups excluding carboxylic acids is 3. The normalized spacial score (nSPS) is 10.7. The number of nitrogens with one attached hydrogen (secondary N) is 2. The Kier molecular flexibility index (Phi) is 8.04. The molecule has 0 aliphatic heterocycles. The molecule has 0 aromatic heterocycles. The van der Waals surface area contributed by atoms with E-state index in [9.17, 15) is 14.4 Å². The van der Waals surface area contributed by atoms with Gasteiger partial charge in [-0.15, -0.1) is 0 Å². The highest BCUT2D eigenvalue weighted by molar-refractivity contribution is 6.02. The number of ether oxygens (including phenoxy) is 1. The topological polar surface area (TPSA) is 84.5 Å². The minimum absolute atomic E-state index is 0.000567. The number of rotatable bonds is 7. The van der Waals surface area contributed by atoms with Gasteiger partial charge in [0, 0.05) is 12.2 Å². The lowest BCUT2D eigenvalue weighted by atomic mass is 10.2. The molecule has 0 saturated heterocycles. The van der Waals surface area contributed by atoms with Crippen LogP contribution in [-0.2, 0) is 14.3 Å². The molecule has 0 unspecified atom stereocenters. The van der Waals surface area contributed by atoms with Crippen LogP contribution in [0.5, 0.6) is 0 Å². The summed E-state index contributed by atoms with van der Waals surface area (Å²) in [5.41, 5.74) is 1.73. The first kappa shape index (κ1) is 19.7. The van der Waals surface area contributed by atoms with E-state index in [0.717, 1.165) is 11.1 Å². The van der Waals surface area contributed by atoms with Crippen LogP contribution >= 0.6 is 0 Å². The van der Waals surface area contributed by atoms with Gasteiger partial charge in [0.15, 0.2) is 0 Å². The van der Waals surface area contributed by atoms with Gasteiger partial charge in [-0.3, -0.25) is 10.1 Å². The molecule has 2 rings (SSSR count). The molecule has 27 heavy (non-hydrogen) atoms. The maximum absolute atomic E-state index is 11.6. The van der Waals surface area contributed by atoms with Crippen molar-refractivity contribution in [2.45, 2.75) is 0 Å². The molecule has 2 aromatic rings. The van der Waals surface area contributed by atoms with Crippen molar-refractivity contribution in [3.8, 4) is 0 Å². The van der Waals surface area contributed by atoms with Gasteiger partial charge in [0.25, 0.3) is 5.91 Å². The molecule has 6 heteroatoms. The van der Waals surface area contributed by atoms with Gasteiger partial charge in [-0.25, -0.2) is 9.59 Å². The second kappa shape index (κ2) is 11.0. The average Bonchev–Trinajstić information content (AvgIpc) is 2.70. The Hall–Kier alpha value is -3.67. The van der Waals surface area contributed by atoms with E-state index in [1.54, 1.807) is 12.2 Å². The van der Waals surface area contributed by atoms with Crippen molar-refractivity contribution in [1.82, 2.24) is 10.6 Å². The van der Waals surface area contributed by atoms with E-state index in [0.29, 0.717) is 0 Å². The molecule has 6 nitrogen and oxygen atoms in total. The van der Waals surface area contributed by atoms with Crippen LogP contribution < -0.4 is 10.6 Å².